The second-order valence-electron chi connectivity index (χ2n) is 7.82. The third-order valence-corrected chi connectivity index (χ3v) is 7.74. The van der Waals surface area contributed by atoms with Crippen LogP contribution in [0.4, 0.5) is 10.2 Å². The number of nitrogen functional groups attached to an aromatic ring is 1. The fraction of sp³-hybridized carbons (Fsp3) is 0.650. The summed E-state index contributed by atoms with van der Waals surface area (Å²) in [6, 6.07) is 0. The van der Waals surface area contributed by atoms with E-state index in [0.29, 0.717) is 24.6 Å². The Morgan fingerprint density at radius 3 is 2.73 bits per heavy atom. The predicted octanol–water partition coefficient (Wildman–Crippen LogP) is 2.04. The summed E-state index contributed by atoms with van der Waals surface area (Å²) < 4.78 is 32.9. The summed E-state index contributed by atoms with van der Waals surface area (Å²) >= 11 is 3.37. The summed E-state index contributed by atoms with van der Waals surface area (Å²) in [5.41, 5.74) is 10.7. The van der Waals surface area contributed by atoms with Gasteiger partial charge in [-0.2, -0.15) is 4.98 Å². The van der Waals surface area contributed by atoms with E-state index in [1.807, 2.05) is 11.1 Å². The SMILES string of the molecule is CCCC1OC(N2C=CC(N)=NC2OCCCC2OC(n3cc(F)c(N)nc3=O)CS2)CS1. The third-order valence-electron chi connectivity index (χ3n) is 5.35. The quantitative estimate of drug-likeness (QED) is 0.486. The number of hydrogen-bond donors (Lipinski definition) is 2. The van der Waals surface area contributed by atoms with Gasteiger partial charge in [0.15, 0.2) is 11.6 Å². The number of thioether (sulfide) groups is 2. The van der Waals surface area contributed by atoms with Crippen molar-refractivity contribution in [3.8, 4) is 0 Å². The number of aliphatic imine (C=N–C) groups is 1. The summed E-state index contributed by atoms with van der Waals surface area (Å²) in [5.74, 6) is 0.635. The summed E-state index contributed by atoms with van der Waals surface area (Å²) in [6.45, 7) is 2.60. The molecule has 0 radical (unpaired) electrons. The Morgan fingerprint density at radius 1 is 1.21 bits per heavy atom. The van der Waals surface area contributed by atoms with E-state index in [0.717, 1.165) is 35.8 Å². The zero-order valence-corrected chi connectivity index (χ0v) is 20.0. The molecule has 182 valence electrons. The van der Waals surface area contributed by atoms with E-state index in [2.05, 4.69) is 16.9 Å². The minimum absolute atomic E-state index is 0.105. The van der Waals surface area contributed by atoms with Crippen LogP contribution < -0.4 is 17.2 Å². The molecule has 33 heavy (non-hydrogen) atoms. The third kappa shape index (κ3) is 6.01. The minimum atomic E-state index is -0.739. The number of halogens is 1. The Kier molecular flexibility index (Phi) is 8.17. The van der Waals surface area contributed by atoms with Gasteiger partial charge in [-0.3, -0.25) is 4.57 Å². The molecule has 10 nitrogen and oxygen atoms in total. The normalized spacial score (nSPS) is 29.6. The molecule has 2 saturated heterocycles. The van der Waals surface area contributed by atoms with Gasteiger partial charge < -0.3 is 30.6 Å². The highest BCUT2D eigenvalue weighted by Gasteiger charge is 2.34. The number of ether oxygens (including phenoxy) is 3. The van der Waals surface area contributed by atoms with Crippen molar-refractivity contribution in [1.29, 1.82) is 0 Å². The Bertz CT molecular complexity index is 948. The van der Waals surface area contributed by atoms with Crippen molar-refractivity contribution >= 4 is 35.2 Å². The summed E-state index contributed by atoms with van der Waals surface area (Å²) in [5, 5.41) is 0. The van der Waals surface area contributed by atoms with E-state index in [1.54, 1.807) is 29.6 Å². The molecule has 5 atom stereocenters. The standard InChI is InChI=1S/C20H29FN6O4S2/c1-2-4-16-30-14(10-32-16)26-7-6-13(22)24-20(26)29-8-3-5-17-31-15(11-33-17)27-9-12(21)18(23)25-19(27)28/h6-7,9,14-17,20H,2-5,8,10-11H2,1H3,(H2,22,24)(H2,23,25,28). The largest absolute Gasteiger partial charge is 0.384 e. The Balaban J connectivity index is 1.24. The van der Waals surface area contributed by atoms with Crippen molar-refractivity contribution in [3.63, 3.8) is 0 Å². The van der Waals surface area contributed by atoms with Gasteiger partial charge in [0.25, 0.3) is 0 Å². The van der Waals surface area contributed by atoms with Crippen LogP contribution in [0.25, 0.3) is 0 Å². The summed E-state index contributed by atoms with van der Waals surface area (Å²) in [4.78, 5) is 21.9. The molecule has 3 aliphatic heterocycles. The molecule has 0 amide bonds. The molecule has 0 bridgehead atoms. The van der Waals surface area contributed by atoms with E-state index in [-0.39, 0.29) is 17.1 Å². The topological polar surface area (TPSA) is 130 Å². The molecular formula is C20H29FN6O4S2. The molecule has 4 N–H and O–H groups in total. The second-order valence-corrected chi connectivity index (χ2v) is 10.2. The van der Waals surface area contributed by atoms with E-state index in [9.17, 15) is 9.18 Å². The summed E-state index contributed by atoms with van der Waals surface area (Å²) in [7, 11) is 0. The van der Waals surface area contributed by atoms with Gasteiger partial charge in [0, 0.05) is 17.7 Å². The minimum Gasteiger partial charge on any atom is -0.384 e. The van der Waals surface area contributed by atoms with E-state index in [4.69, 9.17) is 25.7 Å². The Labute approximate surface area is 199 Å². The van der Waals surface area contributed by atoms with Crippen LogP contribution in [0, 0.1) is 5.82 Å². The monoisotopic (exact) mass is 500 g/mol. The van der Waals surface area contributed by atoms with Crippen molar-refractivity contribution in [2.75, 3.05) is 23.8 Å². The highest BCUT2D eigenvalue weighted by molar-refractivity contribution is 8.00. The van der Waals surface area contributed by atoms with Crippen LogP contribution >= 0.6 is 23.5 Å². The average molecular weight is 501 g/mol. The molecule has 0 aliphatic carbocycles. The molecule has 5 unspecified atom stereocenters. The zero-order chi connectivity index (χ0) is 23.4. The van der Waals surface area contributed by atoms with Crippen LogP contribution in [-0.2, 0) is 14.2 Å². The number of nitrogens with two attached hydrogens (primary N) is 2. The maximum Gasteiger partial charge on any atom is 0.351 e. The molecule has 1 aromatic heterocycles. The number of aromatic nitrogens is 2. The van der Waals surface area contributed by atoms with Gasteiger partial charge in [0.2, 0.25) is 6.35 Å². The molecule has 0 saturated carbocycles. The van der Waals surface area contributed by atoms with Crippen LogP contribution in [-0.4, -0.2) is 61.9 Å². The van der Waals surface area contributed by atoms with Crippen molar-refractivity contribution in [3.05, 3.63) is 34.8 Å². The van der Waals surface area contributed by atoms with Gasteiger partial charge in [-0.15, -0.1) is 23.5 Å². The van der Waals surface area contributed by atoms with Crippen LogP contribution in [0.5, 0.6) is 0 Å². The molecule has 3 aliphatic rings. The van der Waals surface area contributed by atoms with Crippen LogP contribution in [0.1, 0.15) is 38.8 Å². The molecule has 0 aromatic carbocycles. The first-order valence-electron chi connectivity index (χ1n) is 10.9. The van der Waals surface area contributed by atoms with Crippen LogP contribution in [0.3, 0.4) is 0 Å². The van der Waals surface area contributed by atoms with Crippen molar-refractivity contribution < 1.29 is 18.6 Å². The number of nitrogens with zero attached hydrogens (tertiary/aromatic N) is 4. The first-order valence-corrected chi connectivity index (χ1v) is 13.0. The Morgan fingerprint density at radius 2 is 1.94 bits per heavy atom. The fourth-order valence-corrected chi connectivity index (χ4v) is 6.06. The highest BCUT2D eigenvalue weighted by Crippen LogP contribution is 2.34. The maximum absolute atomic E-state index is 13.7. The lowest BCUT2D eigenvalue weighted by Gasteiger charge is -2.34. The van der Waals surface area contributed by atoms with Crippen molar-refractivity contribution in [2.45, 2.75) is 62.3 Å². The molecule has 0 spiro atoms. The number of amidine groups is 1. The average Bonchev–Trinajstić information content (AvgIpc) is 3.44. The van der Waals surface area contributed by atoms with Crippen LogP contribution in [0.15, 0.2) is 28.3 Å². The fourth-order valence-electron chi connectivity index (χ4n) is 3.67. The lowest BCUT2D eigenvalue weighted by Crippen LogP contribution is -2.44. The van der Waals surface area contributed by atoms with Crippen molar-refractivity contribution in [2.24, 2.45) is 10.7 Å². The van der Waals surface area contributed by atoms with E-state index in [1.165, 1.54) is 0 Å². The van der Waals surface area contributed by atoms with Gasteiger partial charge in [0.1, 0.15) is 29.2 Å². The number of rotatable bonds is 9. The van der Waals surface area contributed by atoms with Crippen LogP contribution in [0.2, 0.25) is 0 Å². The van der Waals surface area contributed by atoms with Gasteiger partial charge in [-0.1, -0.05) is 13.3 Å². The molecule has 13 heteroatoms. The maximum atomic E-state index is 13.7. The summed E-state index contributed by atoms with van der Waals surface area (Å²) in [6.07, 6.45) is 6.97. The van der Waals surface area contributed by atoms with Gasteiger partial charge in [-0.05, 0) is 25.3 Å². The molecule has 4 heterocycles. The molecule has 1 aromatic rings. The number of anilines is 1. The number of hydrogen-bond acceptors (Lipinski definition) is 11. The molecule has 4 rings (SSSR count). The van der Waals surface area contributed by atoms with Gasteiger partial charge in [0.05, 0.1) is 12.8 Å². The first kappa shape index (κ1) is 24.3. The molecular weight excluding hydrogens is 471 g/mol. The molecule has 2 fully saturated rings. The Hall–Kier alpha value is -1.80. The van der Waals surface area contributed by atoms with Gasteiger partial charge in [-0.25, -0.2) is 14.2 Å². The first-order chi connectivity index (χ1) is 15.9. The predicted molar refractivity (Wildman–Crippen MR) is 127 cm³/mol. The second kappa shape index (κ2) is 11.1. The highest BCUT2D eigenvalue weighted by atomic mass is 32.2. The van der Waals surface area contributed by atoms with E-state index >= 15 is 0 Å². The lowest BCUT2D eigenvalue weighted by molar-refractivity contribution is -0.119. The van der Waals surface area contributed by atoms with E-state index < -0.39 is 29.9 Å². The van der Waals surface area contributed by atoms with Crippen molar-refractivity contribution in [1.82, 2.24) is 14.5 Å². The zero-order valence-electron chi connectivity index (χ0n) is 18.3. The van der Waals surface area contributed by atoms with Gasteiger partial charge >= 0.3 is 5.69 Å². The smallest absolute Gasteiger partial charge is 0.351 e. The lowest BCUT2D eigenvalue weighted by atomic mass is 10.3.